The summed E-state index contributed by atoms with van der Waals surface area (Å²) in [7, 11) is 0. The summed E-state index contributed by atoms with van der Waals surface area (Å²) in [5.41, 5.74) is 0.788. The van der Waals surface area contributed by atoms with Crippen LogP contribution in [0, 0.1) is 5.92 Å². The molecule has 3 heterocycles. The van der Waals surface area contributed by atoms with Gasteiger partial charge in [0, 0.05) is 28.8 Å². The predicted molar refractivity (Wildman–Crippen MR) is 126 cm³/mol. The Morgan fingerprint density at radius 2 is 1.66 bits per heavy atom. The van der Waals surface area contributed by atoms with E-state index in [-0.39, 0.29) is 17.5 Å². The van der Waals surface area contributed by atoms with Crippen LogP contribution in [0.3, 0.4) is 0 Å². The molecule has 7 nitrogen and oxygen atoms in total. The molecule has 0 radical (unpaired) electrons. The van der Waals surface area contributed by atoms with Crippen LogP contribution in [-0.4, -0.2) is 38.8 Å². The summed E-state index contributed by atoms with van der Waals surface area (Å²) in [6, 6.07) is 20.7. The quantitative estimate of drug-likeness (QED) is 0.410. The third-order valence-corrected chi connectivity index (χ3v) is 6.89. The number of alkyl halides is 3. The molecular weight excluding hydrogens is 477 g/mol. The number of halogens is 3. The summed E-state index contributed by atoms with van der Waals surface area (Å²) in [5.74, 6) is -1.03. The molecule has 35 heavy (non-hydrogen) atoms. The fraction of sp³-hybridized carbons (Fsp3) is 0.250. The number of carbonyl (C=O) groups excluding carboxylic acids is 1. The van der Waals surface area contributed by atoms with E-state index in [4.69, 9.17) is 0 Å². The van der Waals surface area contributed by atoms with E-state index in [1.807, 2.05) is 59.5 Å². The highest BCUT2D eigenvalue weighted by Crippen LogP contribution is 2.34. The number of nitrogens with zero attached hydrogens (tertiary/aromatic N) is 5. The molecule has 1 N–H and O–H groups in total. The van der Waals surface area contributed by atoms with Crippen LogP contribution in [0.25, 0.3) is 5.65 Å². The minimum absolute atomic E-state index is 0.0300. The van der Waals surface area contributed by atoms with Crippen LogP contribution in [0.5, 0.6) is 0 Å². The fourth-order valence-electron chi connectivity index (χ4n) is 4.00. The third-order valence-electron chi connectivity index (χ3n) is 5.81. The number of anilines is 2. The Balaban J connectivity index is 1.24. The summed E-state index contributed by atoms with van der Waals surface area (Å²) in [4.78, 5) is 16.9. The second kappa shape index (κ2) is 9.57. The van der Waals surface area contributed by atoms with Gasteiger partial charge in [-0.1, -0.05) is 42.1 Å². The normalized spacial score (nSPS) is 14.9. The molecule has 0 spiro atoms. The van der Waals surface area contributed by atoms with Crippen LogP contribution in [0.2, 0.25) is 0 Å². The number of nitrogens with one attached hydrogen (secondary N) is 1. The maximum Gasteiger partial charge on any atom is 0.453 e. The van der Waals surface area contributed by atoms with Crippen molar-refractivity contribution in [1.29, 1.82) is 0 Å². The van der Waals surface area contributed by atoms with Gasteiger partial charge in [-0.05, 0) is 49.2 Å². The number of aromatic nitrogens is 4. The van der Waals surface area contributed by atoms with Gasteiger partial charge in [-0.2, -0.15) is 17.7 Å². The first-order chi connectivity index (χ1) is 16.9. The average Bonchev–Trinajstić information content (AvgIpc) is 3.30. The van der Waals surface area contributed by atoms with Gasteiger partial charge >= 0.3 is 6.18 Å². The summed E-state index contributed by atoms with van der Waals surface area (Å²) in [6.45, 7) is 1.00. The number of amides is 1. The summed E-state index contributed by atoms with van der Waals surface area (Å²) >= 11 is 1.58. The lowest BCUT2D eigenvalue weighted by molar-refractivity contribution is -0.146. The van der Waals surface area contributed by atoms with Crippen LogP contribution >= 0.6 is 11.8 Å². The number of carbonyl (C=O) groups is 1. The number of piperidine rings is 1. The minimum atomic E-state index is -4.65. The molecule has 11 heteroatoms. The third kappa shape index (κ3) is 5.09. The van der Waals surface area contributed by atoms with Crippen molar-refractivity contribution in [2.45, 2.75) is 28.8 Å². The lowest BCUT2D eigenvalue weighted by Gasteiger charge is -2.32. The summed E-state index contributed by atoms with van der Waals surface area (Å²) in [6.07, 6.45) is -3.52. The number of benzene rings is 2. The van der Waals surface area contributed by atoms with Crippen molar-refractivity contribution in [1.82, 2.24) is 19.8 Å². The van der Waals surface area contributed by atoms with Gasteiger partial charge in [0.05, 0.1) is 5.69 Å². The number of hydrogen-bond acceptors (Lipinski definition) is 6. The fourth-order valence-corrected chi connectivity index (χ4v) is 4.93. The highest BCUT2D eigenvalue weighted by atomic mass is 32.2. The average molecular weight is 499 g/mol. The van der Waals surface area contributed by atoms with Gasteiger partial charge in [0.1, 0.15) is 5.82 Å². The molecule has 0 unspecified atom stereocenters. The van der Waals surface area contributed by atoms with E-state index in [9.17, 15) is 18.0 Å². The SMILES string of the molecule is O=C(Nc1ccccc1Sc1ccccc1)C1CCN(c2ccc3nnc(C(F)(F)F)n3n2)CC1. The number of hydrogen-bond donors (Lipinski definition) is 1. The van der Waals surface area contributed by atoms with Crippen molar-refractivity contribution >= 4 is 34.8 Å². The number of para-hydroxylation sites is 1. The highest BCUT2D eigenvalue weighted by molar-refractivity contribution is 7.99. The molecule has 0 bridgehead atoms. The maximum atomic E-state index is 13.2. The van der Waals surface area contributed by atoms with Gasteiger partial charge in [0.25, 0.3) is 5.82 Å². The molecule has 180 valence electrons. The molecule has 2 aromatic carbocycles. The molecule has 2 aromatic heterocycles. The molecule has 5 rings (SSSR count). The monoisotopic (exact) mass is 498 g/mol. The van der Waals surface area contributed by atoms with Crippen molar-refractivity contribution in [3.8, 4) is 0 Å². The second-order valence-electron chi connectivity index (χ2n) is 8.14. The minimum Gasteiger partial charge on any atom is -0.355 e. The zero-order valence-electron chi connectivity index (χ0n) is 18.4. The van der Waals surface area contributed by atoms with Gasteiger partial charge in [-0.3, -0.25) is 4.79 Å². The van der Waals surface area contributed by atoms with Crippen LogP contribution in [-0.2, 0) is 11.0 Å². The molecule has 0 saturated carbocycles. The maximum absolute atomic E-state index is 13.2. The van der Waals surface area contributed by atoms with Crippen LogP contribution in [0.1, 0.15) is 18.7 Å². The molecule has 1 saturated heterocycles. The van der Waals surface area contributed by atoms with E-state index in [0.717, 1.165) is 20.0 Å². The second-order valence-corrected chi connectivity index (χ2v) is 9.26. The zero-order valence-corrected chi connectivity index (χ0v) is 19.3. The first-order valence-electron chi connectivity index (χ1n) is 11.1. The van der Waals surface area contributed by atoms with E-state index in [1.54, 1.807) is 17.8 Å². The van der Waals surface area contributed by atoms with E-state index in [1.165, 1.54) is 6.07 Å². The topological polar surface area (TPSA) is 75.4 Å². The summed E-state index contributed by atoms with van der Waals surface area (Å²) in [5, 5.41) is 13.9. The van der Waals surface area contributed by atoms with Crippen LogP contribution < -0.4 is 10.2 Å². The molecule has 1 aliphatic heterocycles. The Bertz CT molecular complexity index is 1340. The largest absolute Gasteiger partial charge is 0.453 e. The van der Waals surface area contributed by atoms with Gasteiger partial charge in [0.15, 0.2) is 5.65 Å². The van der Waals surface area contributed by atoms with Gasteiger partial charge in [0.2, 0.25) is 5.91 Å². The first kappa shape index (κ1) is 23.2. The van der Waals surface area contributed by atoms with Crippen molar-refractivity contribution in [2.24, 2.45) is 5.92 Å². The van der Waals surface area contributed by atoms with E-state index in [0.29, 0.717) is 31.7 Å². The van der Waals surface area contributed by atoms with Crippen molar-refractivity contribution in [3.05, 3.63) is 72.6 Å². The Labute approximate surface area is 203 Å². The zero-order chi connectivity index (χ0) is 24.4. The highest BCUT2D eigenvalue weighted by Gasteiger charge is 2.38. The molecule has 4 aromatic rings. The lowest BCUT2D eigenvalue weighted by atomic mass is 9.96. The van der Waals surface area contributed by atoms with E-state index < -0.39 is 12.0 Å². The van der Waals surface area contributed by atoms with Gasteiger partial charge in [-0.25, -0.2) is 0 Å². The Morgan fingerprint density at radius 1 is 0.943 bits per heavy atom. The van der Waals surface area contributed by atoms with Crippen molar-refractivity contribution < 1.29 is 18.0 Å². The Hall–Kier alpha value is -3.60. The standard InChI is InChI=1S/C24H21F3N6OS/c25-24(26,27)23-30-29-20-10-11-21(31-33(20)23)32-14-12-16(13-15-32)22(34)28-18-8-4-5-9-19(18)35-17-6-2-1-3-7-17/h1-11,16H,12-15H2,(H,28,34). The predicted octanol–water partition coefficient (Wildman–Crippen LogP) is 5.15. The van der Waals surface area contributed by atoms with Crippen LogP contribution in [0.4, 0.5) is 24.7 Å². The van der Waals surface area contributed by atoms with Crippen LogP contribution in [0.15, 0.2) is 76.5 Å². The smallest absolute Gasteiger partial charge is 0.355 e. The number of fused-ring (bicyclic) bond motifs is 1. The summed E-state index contributed by atoms with van der Waals surface area (Å²) < 4.78 is 40.2. The lowest BCUT2D eigenvalue weighted by Crippen LogP contribution is -2.38. The van der Waals surface area contributed by atoms with Crippen molar-refractivity contribution in [3.63, 3.8) is 0 Å². The molecule has 1 amide bonds. The Morgan fingerprint density at radius 3 is 2.40 bits per heavy atom. The molecule has 0 aliphatic carbocycles. The van der Waals surface area contributed by atoms with E-state index in [2.05, 4.69) is 20.6 Å². The van der Waals surface area contributed by atoms with Gasteiger partial charge in [-0.15, -0.1) is 15.3 Å². The number of rotatable bonds is 5. The molecule has 1 fully saturated rings. The first-order valence-corrected chi connectivity index (χ1v) is 11.9. The molecule has 1 aliphatic rings. The Kier molecular flexibility index (Phi) is 6.33. The molecular formula is C24H21F3N6OS. The van der Waals surface area contributed by atoms with Crippen molar-refractivity contribution in [2.75, 3.05) is 23.3 Å². The van der Waals surface area contributed by atoms with Gasteiger partial charge < -0.3 is 10.2 Å². The van der Waals surface area contributed by atoms with E-state index >= 15 is 0 Å². The molecule has 0 atom stereocenters.